The molecular formula is C47H72N2O6. The fourth-order valence-corrected chi connectivity index (χ4v) is 10.1. The Hall–Kier alpha value is -2.69. The average molecular weight is 761 g/mol. The lowest BCUT2D eigenvalue weighted by atomic mass is 9.51. The molecule has 1 aromatic rings. The Morgan fingerprint density at radius 3 is 2.58 bits per heavy atom. The summed E-state index contributed by atoms with van der Waals surface area (Å²) in [5.41, 5.74) is 4.55. The van der Waals surface area contributed by atoms with Gasteiger partial charge in [-0.05, 0) is 145 Å². The molecule has 1 aromatic carbocycles. The molecule has 2 saturated carbocycles. The first kappa shape index (κ1) is 45.0. The fourth-order valence-electron chi connectivity index (χ4n) is 10.1. The molecule has 2 aliphatic carbocycles. The first-order valence-corrected chi connectivity index (χ1v) is 21.1. The number of nitrogens with one attached hydrogen (secondary N) is 2. The highest BCUT2D eigenvalue weighted by Gasteiger charge is 2.65. The monoisotopic (exact) mass is 761 g/mol. The van der Waals surface area contributed by atoms with Crippen LogP contribution in [0.4, 0.5) is 0 Å². The number of fused-ring (bicyclic) bond motifs is 2. The third-order valence-electron chi connectivity index (χ3n) is 13.2. The van der Waals surface area contributed by atoms with Crippen LogP contribution in [0.15, 0.2) is 83.0 Å². The molecule has 1 heterocycles. The van der Waals surface area contributed by atoms with E-state index in [1.165, 1.54) is 11.1 Å². The van der Waals surface area contributed by atoms with Crippen molar-refractivity contribution in [1.82, 2.24) is 10.6 Å². The minimum atomic E-state index is -1.20. The first-order chi connectivity index (χ1) is 26.3. The van der Waals surface area contributed by atoms with Gasteiger partial charge >= 0.3 is 0 Å². The number of rotatable bonds is 16. The number of aliphatic hydroxyl groups is 5. The second-order valence-corrected chi connectivity index (χ2v) is 17.0. The van der Waals surface area contributed by atoms with Crippen LogP contribution in [0, 0.1) is 23.2 Å². The van der Waals surface area contributed by atoms with Gasteiger partial charge in [0.05, 0.1) is 17.8 Å². The lowest BCUT2D eigenvalue weighted by Gasteiger charge is -2.57. The van der Waals surface area contributed by atoms with Gasteiger partial charge in [-0.15, -0.1) is 0 Å². The zero-order valence-corrected chi connectivity index (χ0v) is 34.4. The molecule has 0 amide bonds. The highest BCUT2D eigenvalue weighted by atomic mass is 16.3. The molecule has 0 aromatic heterocycles. The SMILES string of the molecule is C=C(C=CC=C([C@H](O)CCCCC)[C@H]1CC[C@@]2(C(CCCO)C(=C(C)C=O)CC[C@]2(O)CCNC)[C@@H]1O)[C@@H]1CC=C(C)[C@@H](O)N[C@@H](C)Cc2cccc(c2)C1. The molecule has 55 heavy (non-hydrogen) atoms. The molecule has 2 fully saturated rings. The predicted molar refractivity (Wildman–Crippen MR) is 223 cm³/mol. The second kappa shape index (κ2) is 21.2. The minimum Gasteiger partial charge on any atom is -0.396 e. The number of hydrogen-bond acceptors (Lipinski definition) is 8. The maximum absolute atomic E-state index is 12.7. The zero-order chi connectivity index (χ0) is 40.2. The summed E-state index contributed by atoms with van der Waals surface area (Å²) in [6.07, 6.45) is 16.0. The number of hydrogen-bond donors (Lipinski definition) is 7. The van der Waals surface area contributed by atoms with E-state index in [2.05, 4.69) is 61.4 Å². The van der Waals surface area contributed by atoms with E-state index in [1.807, 2.05) is 39.1 Å². The van der Waals surface area contributed by atoms with E-state index in [4.69, 9.17) is 0 Å². The van der Waals surface area contributed by atoms with E-state index in [9.17, 15) is 30.3 Å². The Morgan fingerprint density at radius 2 is 1.89 bits per heavy atom. The average Bonchev–Trinajstić information content (AvgIpc) is 3.50. The van der Waals surface area contributed by atoms with E-state index in [0.717, 1.165) is 60.7 Å². The van der Waals surface area contributed by atoms with Crippen LogP contribution in [0.1, 0.15) is 116 Å². The Morgan fingerprint density at radius 1 is 1.15 bits per heavy atom. The molecule has 3 aliphatic rings. The summed E-state index contributed by atoms with van der Waals surface area (Å²) < 4.78 is 0. The molecule has 0 radical (unpaired) electrons. The van der Waals surface area contributed by atoms with Crippen LogP contribution in [0.25, 0.3) is 0 Å². The third-order valence-corrected chi connectivity index (χ3v) is 13.2. The van der Waals surface area contributed by atoms with Crippen molar-refractivity contribution >= 4 is 6.29 Å². The van der Waals surface area contributed by atoms with Crippen molar-refractivity contribution in [3.05, 3.63) is 94.1 Å². The molecule has 7 N–H and O–H groups in total. The number of carbonyl (C=O) groups excluding carboxylic acids is 1. The van der Waals surface area contributed by atoms with Crippen molar-refractivity contribution in [3.8, 4) is 0 Å². The molecule has 0 saturated heterocycles. The number of unbranched alkanes of at least 4 members (excludes halogenated alkanes) is 2. The fraction of sp³-hybridized carbons (Fsp3) is 0.638. The van der Waals surface area contributed by atoms with Gasteiger partial charge in [0, 0.05) is 24.0 Å². The Kier molecular flexibility index (Phi) is 17.3. The molecule has 8 nitrogen and oxygen atoms in total. The predicted octanol–water partition coefficient (Wildman–Crippen LogP) is 6.81. The molecule has 1 unspecified atom stereocenters. The number of carbonyl (C=O) groups is 1. The van der Waals surface area contributed by atoms with Gasteiger partial charge in [0.2, 0.25) is 0 Å². The Bertz CT molecular complexity index is 1550. The van der Waals surface area contributed by atoms with E-state index < -0.39 is 35.4 Å². The van der Waals surface area contributed by atoms with Crippen molar-refractivity contribution in [1.29, 1.82) is 0 Å². The number of aldehydes is 1. The summed E-state index contributed by atoms with van der Waals surface area (Å²) in [7, 11) is 1.86. The summed E-state index contributed by atoms with van der Waals surface area (Å²) in [6, 6.07) is 8.78. The van der Waals surface area contributed by atoms with Gasteiger partial charge in [-0.3, -0.25) is 10.1 Å². The van der Waals surface area contributed by atoms with E-state index in [-0.39, 0.29) is 24.5 Å². The summed E-state index contributed by atoms with van der Waals surface area (Å²) in [5.74, 6) is -0.586. The summed E-state index contributed by atoms with van der Waals surface area (Å²) >= 11 is 0. The highest BCUT2D eigenvalue weighted by molar-refractivity contribution is 5.74. The topological polar surface area (TPSA) is 142 Å². The van der Waals surface area contributed by atoms with E-state index >= 15 is 0 Å². The minimum absolute atomic E-state index is 0.0110. The lowest BCUT2D eigenvalue weighted by Crippen LogP contribution is -2.61. The van der Waals surface area contributed by atoms with Crippen LogP contribution in [-0.4, -0.2) is 82.1 Å². The van der Waals surface area contributed by atoms with Crippen LogP contribution in [-0.2, 0) is 17.6 Å². The van der Waals surface area contributed by atoms with Gasteiger partial charge in [-0.25, -0.2) is 0 Å². The molecule has 1 spiro atoms. The van der Waals surface area contributed by atoms with E-state index in [0.29, 0.717) is 69.9 Å². The molecule has 9 atom stereocenters. The normalized spacial score (nSPS) is 32.2. The maximum Gasteiger partial charge on any atom is 0.145 e. The van der Waals surface area contributed by atoms with Crippen molar-refractivity contribution in [2.45, 2.75) is 148 Å². The molecule has 1 aliphatic heterocycles. The lowest BCUT2D eigenvalue weighted by molar-refractivity contribution is -0.181. The summed E-state index contributed by atoms with van der Waals surface area (Å²) in [4.78, 5) is 12.2. The molecule has 4 rings (SSSR count). The molecule has 2 bridgehead atoms. The van der Waals surface area contributed by atoms with Crippen molar-refractivity contribution in [2.24, 2.45) is 23.2 Å². The summed E-state index contributed by atoms with van der Waals surface area (Å²) in [5, 5.41) is 64.6. The van der Waals surface area contributed by atoms with Gasteiger partial charge in [-0.1, -0.05) is 92.5 Å². The van der Waals surface area contributed by atoms with Crippen LogP contribution in [0.3, 0.4) is 0 Å². The number of benzene rings is 1. The van der Waals surface area contributed by atoms with Gasteiger partial charge in [0.1, 0.15) is 12.5 Å². The molecule has 306 valence electrons. The largest absolute Gasteiger partial charge is 0.396 e. The van der Waals surface area contributed by atoms with Crippen molar-refractivity contribution < 1.29 is 30.3 Å². The van der Waals surface area contributed by atoms with Crippen LogP contribution < -0.4 is 10.6 Å². The van der Waals surface area contributed by atoms with Gasteiger partial charge in [0.15, 0.2) is 0 Å². The van der Waals surface area contributed by atoms with Gasteiger partial charge in [-0.2, -0.15) is 0 Å². The third kappa shape index (κ3) is 10.8. The summed E-state index contributed by atoms with van der Waals surface area (Å²) in [6.45, 7) is 13.1. The number of aliphatic hydroxyl groups excluding tert-OH is 4. The first-order valence-electron chi connectivity index (χ1n) is 21.1. The van der Waals surface area contributed by atoms with E-state index in [1.54, 1.807) is 0 Å². The second-order valence-electron chi connectivity index (χ2n) is 17.0. The van der Waals surface area contributed by atoms with Gasteiger partial charge in [0.25, 0.3) is 0 Å². The van der Waals surface area contributed by atoms with Crippen LogP contribution in [0.5, 0.6) is 0 Å². The van der Waals surface area contributed by atoms with Crippen LogP contribution in [0.2, 0.25) is 0 Å². The highest BCUT2D eigenvalue weighted by Crippen LogP contribution is 2.64. The molecular weight excluding hydrogens is 689 g/mol. The Balaban J connectivity index is 1.73. The van der Waals surface area contributed by atoms with Crippen molar-refractivity contribution in [3.63, 3.8) is 0 Å². The number of allylic oxidation sites excluding steroid dienone is 7. The smallest absolute Gasteiger partial charge is 0.145 e. The Labute approximate surface area is 331 Å². The zero-order valence-electron chi connectivity index (χ0n) is 34.4. The van der Waals surface area contributed by atoms with Gasteiger partial charge < -0.3 is 30.8 Å². The maximum atomic E-state index is 12.7. The standard InChI is InChI=1S/C47H72N2O6/c1-7-8-9-18-43(52)40(16-10-13-32(2)38-20-19-33(3)45(54)49-35(5)28-36-14-11-15-37(29-36)30-38)41-22-24-47(44(41)53)42(17-12-27-50)39(34(4)31-51)21-23-46(47,55)25-26-48-6/h10-11,13-16,19,29,31,35,38,41-45,48-50,52-55H,2,7-9,12,17-18,20-28,30H2,1,3-6H3/t35-,38+,41+,42?,43+,44+,45+,46-,47+/m0/s1. The van der Waals surface area contributed by atoms with Crippen molar-refractivity contribution in [2.75, 3.05) is 20.2 Å². The quantitative estimate of drug-likeness (QED) is 0.0321. The molecule has 8 heteroatoms. The van der Waals surface area contributed by atoms with Crippen LogP contribution >= 0.6 is 0 Å².